The standard InChI is InChI=1S/C14H17N3O5/c1-4-9-7-16-14(22-9)8-15-10-5-12(20-2)13(21-3)6-11(10)17(18)19/h5-7,15H,4,8H2,1-3H3. The maximum Gasteiger partial charge on any atom is 0.296 e. The molecule has 2 aromatic rings. The van der Waals surface area contributed by atoms with Gasteiger partial charge in [-0.05, 0) is 0 Å². The van der Waals surface area contributed by atoms with Crippen molar-refractivity contribution in [2.75, 3.05) is 19.5 Å². The summed E-state index contributed by atoms with van der Waals surface area (Å²) in [4.78, 5) is 14.8. The van der Waals surface area contributed by atoms with Gasteiger partial charge < -0.3 is 19.2 Å². The van der Waals surface area contributed by atoms with Gasteiger partial charge in [0.15, 0.2) is 11.5 Å². The molecule has 0 aliphatic carbocycles. The van der Waals surface area contributed by atoms with Gasteiger partial charge in [0.25, 0.3) is 5.69 Å². The molecule has 8 nitrogen and oxygen atoms in total. The lowest BCUT2D eigenvalue weighted by Crippen LogP contribution is -2.04. The van der Waals surface area contributed by atoms with Gasteiger partial charge in [0.05, 0.1) is 38.0 Å². The SMILES string of the molecule is CCc1cnc(CNc2cc(OC)c(OC)cc2[N+](=O)[O-])o1. The van der Waals surface area contributed by atoms with E-state index in [9.17, 15) is 10.1 Å². The van der Waals surface area contributed by atoms with Crippen LogP contribution in [0.5, 0.6) is 11.5 Å². The molecule has 0 amide bonds. The van der Waals surface area contributed by atoms with E-state index in [1.165, 1.54) is 26.4 Å². The predicted molar refractivity (Wildman–Crippen MR) is 79.4 cm³/mol. The smallest absolute Gasteiger partial charge is 0.296 e. The third kappa shape index (κ3) is 3.27. The van der Waals surface area contributed by atoms with Gasteiger partial charge in [-0.1, -0.05) is 6.92 Å². The van der Waals surface area contributed by atoms with Crippen molar-refractivity contribution >= 4 is 11.4 Å². The van der Waals surface area contributed by atoms with Gasteiger partial charge in [0.1, 0.15) is 11.4 Å². The molecule has 0 unspecified atom stereocenters. The van der Waals surface area contributed by atoms with Crippen LogP contribution in [0.4, 0.5) is 11.4 Å². The van der Waals surface area contributed by atoms with Crippen LogP contribution < -0.4 is 14.8 Å². The Morgan fingerprint density at radius 2 is 2.00 bits per heavy atom. The molecular formula is C14H17N3O5. The number of nitrogens with one attached hydrogen (secondary N) is 1. The van der Waals surface area contributed by atoms with E-state index in [1.807, 2.05) is 6.92 Å². The molecule has 0 spiro atoms. The van der Waals surface area contributed by atoms with Crippen molar-refractivity contribution in [3.8, 4) is 11.5 Å². The second kappa shape index (κ2) is 6.79. The molecule has 1 heterocycles. The summed E-state index contributed by atoms with van der Waals surface area (Å²) < 4.78 is 15.7. The normalized spacial score (nSPS) is 10.3. The number of aryl methyl sites for hydroxylation is 1. The van der Waals surface area contributed by atoms with Crippen LogP contribution in [0, 0.1) is 10.1 Å². The van der Waals surface area contributed by atoms with Crippen molar-refractivity contribution in [3.05, 3.63) is 40.1 Å². The van der Waals surface area contributed by atoms with Gasteiger partial charge in [-0.25, -0.2) is 4.98 Å². The van der Waals surface area contributed by atoms with Crippen molar-refractivity contribution in [2.45, 2.75) is 19.9 Å². The minimum Gasteiger partial charge on any atom is -0.493 e. The van der Waals surface area contributed by atoms with E-state index >= 15 is 0 Å². The molecule has 8 heteroatoms. The zero-order chi connectivity index (χ0) is 16.1. The third-order valence-corrected chi connectivity index (χ3v) is 3.08. The number of methoxy groups -OCH3 is 2. The first-order valence-electron chi connectivity index (χ1n) is 6.66. The molecule has 1 aromatic carbocycles. The molecule has 1 aromatic heterocycles. The highest BCUT2D eigenvalue weighted by Crippen LogP contribution is 2.37. The lowest BCUT2D eigenvalue weighted by atomic mass is 10.2. The molecule has 0 aliphatic heterocycles. The highest BCUT2D eigenvalue weighted by atomic mass is 16.6. The van der Waals surface area contributed by atoms with Crippen LogP contribution in [0.1, 0.15) is 18.6 Å². The number of rotatable bonds is 7. The number of ether oxygens (including phenoxy) is 2. The number of nitro groups is 1. The van der Waals surface area contributed by atoms with E-state index in [2.05, 4.69) is 10.3 Å². The minimum atomic E-state index is -0.489. The number of anilines is 1. The minimum absolute atomic E-state index is 0.111. The lowest BCUT2D eigenvalue weighted by Gasteiger charge is -2.11. The first kappa shape index (κ1) is 15.6. The van der Waals surface area contributed by atoms with Crippen LogP contribution in [0.2, 0.25) is 0 Å². The first-order chi connectivity index (χ1) is 10.6. The quantitative estimate of drug-likeness (QED) is 0.620. The Morgan fingerprint density at radius 3 is 2.55 bits per heavy atom. The van der Waals surface area contributed by atoms with Gasteiger partial charge in [0, 0.05) is 12.5 Å². The summed E-state index contributed by atoms with van der Waals surface area (Å²) in [6, 6.07) is 2.83. The van der Waals surface area contributed by atoms with E-state index < -0.39 is 4.92 Å². The van der Waals surface area contributed by atoms with Crippen LogP contribution in [0.3, 0.4) is 0 Å². The van der Waals surface area contributed by atoms with Crippen LogP contribution in [0.15, 0.2) is 22.7 Å². The molecule has 1 N–H and O–H groups in total. The maximum absolute atomic E-state index is 11.2. The predicted octanol–water partition coefficient (Wildman–Crippen LogP) is 2.77. The molecule has 0 radical (unpaired) electrons. The van der Waals surface area contributed by atoms with Crippen molar-refractivity contribution in [1.29, 1.82) is 0 Å². The number of nitro benzene ring substituents is 1. The number of benzene rings is 1. The molecule has 0 aliphatic rings. The fourth-order valence-electron chi connectivity index (χ4n) is 1.92. The van der Waals surface area contributed by atoms with Gasteiger partial charge >= 0.3 is 0 Å². The van der Waals surface area contributed by atoms with E-state index in [0.717, 1.165) is 12.2 Å². The summed E-state index contributed by atoms with van der Waals surface area (Å²) in [6.45, 7) is 2.19. The first-order valence-corrected chi connectivity index (χ1v) is 6.66. The lowest BCUT2D eigenvalue weighted by molar-refractivity contribution is -0.384. The Kier molecular flexibility index (Phi) is 4.82. The third-order valence-electron chi connectivity index (χ3n) is 3.08. The molecule has 2 rings (SSSR count). The van der Waals surface area contributed by atoms with Crippen molar-refractivity contribution in [3.63, 3.8) is 0 Å². The Labute approximate surface area is 127 Å². The summed E-state index contributed by atoms with van der Waals surface area (Å²) >= 11 is 0. The van der Waals surface area contributed by atoms with Crippen LogP contribution in [-0.4, -0.2) is 24.1 Å². The number of aromatic nitrogens is 1. The van der Waals surface area contributed by atoms with E-state index in [0.29, 0.717) is 23.1 Å². The van der Waals surface area contributed by atoms with E-state index in [4.69, 9.17) is 13.9 Å². The number of hydrogen-bond donors (Lipinski definition) is 1. The number of oxazole rings is 1. The molecule has 0 saturated carbocycles. The highest BCUT2D eigenvalue weighted by molar-refractivity contribution is 5.68. The molecule has 22 heavy (non-hydrogen) atoms. The maximum atomic E-state index is 11.2. The molecule has 0 bridgehead atoms. The molecule has 0 atom stereocenters. The Hall–Kier alpha value is -2.77. The largest absolute Gasteiger partial charge is 0.493 e. The highest BCUT2D eigenvalue weighted by Gasteiger charge is 2.19. The monoisotopic (exact) mass is 307 g/mol. The summed E-state index contributed by atoms with van der Waals surface area (Å²) in [5.74, 6) is 1.92. The van der Waals surface area contributed by atoms with Gasteiger partial charge in [-0.3, -0.25) is 10.1 Å². The summed E-state index contributed by atoms with van der Waals surface area (Å²) in [6.07, 6.45) is 2.38. The van der Waals surface area contributed by atoms with Crippen LogP contribution >= 0.6 is 0 Å². The molecular weight excluding hydrogens is 290 g/mol. The number of nitrogens with zero attached hydrogens (tertiary/aromatic N) is 2. The second-order valence-electron chi connectivity index (χ2n) is 4.41. The summed E-state index contributed by atoms with van der Waals surface area (Å²) in [7, 11) is 2.89. The fraction of sp³-hybridized carbons (Fsp3) is 0.357. The summed E-state index contributed by atoms with van der Waals surface area (Å²) in [5.41, 5.74) is 0.193. The zero-order valence-corrected chi connectivity index (χ0v) is 12.6. The molecule has 0 fully saturated rings. The van der Waals surface area contributed by atoms with Crippen LogP contribution in [-0.2, 0) is 13.0 Å². The Bertz CT molecular complexity index is 668. The Balaban J connectivity index is 2.26. The Morgan fingerprint density at radius 1 is 1.32 bits per heavy atom. The van der Waals surface area contributed by atoms with Gasteiger partial charge in [-0.15, -0.1) is 0 Å². The van der Waals surface area contributed by atoms with Crippen molar-refractivity contribution < 1.29 is 18.8 Å². The summed E-state index contributed by atoms with van der Waals surface area (Å²) in [5, 5.41) is 14.1. The van der Waals surface area contributed by atoms with Gasteiger partial charge in [0.2, 0.25) is 5.89 Å². The van der Waals surface area contributed by atoms with Gasteiger partial charge in [-0.2, -0.15) is 0 Å². The average Bonchev–Trinajstić information content (AvgIpc) is 2.99. The molecule has 118 valence electrons. The fourth-order valence-corrected chi connectivity index (χ4v) is 1.92. The average molecular weight is 307 g/mol. The van der Waals surface area contributed by atoms with Crippen LogP contribution in [0.25, 0.3) is 0 Å². The van der Waals surface area contributed by atoms with Crippen molar-refractivity contribution in [2.24, 2.45) is 0 Å². The topological polar surface area (TPSA) is 99.7 Å². The molecule has 0 saturated heterocycles. The van der Waals surface area contributed by atoms with E-state index in [1.54, 1.807) is 6.20 Å². The van der Waals surface area contributed by atoms with E-state index in [-0.39, 0.29) is 12.2 Å². The van der Waals surface area contributed by atoms with Crippen molar-refractivity contribution in [1.82, 2.24) is 4.98 Å². The second-order valence-corrected chi connectivity index (χ2v) is 4.41. The number of hydrogen-bond acceptors (Lipinski definition) is 7. The zero-order valence-electron chi connectivity index (χ0n) is 12.6.